The van der Waals surface area contributed by atoms with Crippen LogP contribution in [-0.4, -0.2) is 23.9 Å². The summed E-state index contributed by atoms with van der Waals surface area (Å²) in [4.78, 5) is 11.4. The molecule has 0 fully saturated rings. The minimum absolute atomic E-state index is 0.166. The Morgan fingerprint density at radius 1 is 1.47 bits per heavy atom. The Morgan fingerprint density at radius 3 is 2.71 bits per heavy atom. The van der Waals surface area contributed by atoms with Crippen molar-refractivity contribution < 1.29 is 14.6 Å². The fourth-order valence-electron chi connectivity index (χ4n) is 1.41. The zero-order valence-electron chi connectivity index (χ0n) is 10.4. The number of aliphatic carboxylic acids is 1. The third-order valence-corrected chi connectivity index (χ3v) is 3.48. The number of carbonyl (C=O) groups is 1. The standard InChI is InChI=1S/C13H18O3S/c1-9(2)10-4-5-12(11(8-10)16-3)17-7-6-13(14)15/h4-5,8-9H,6-7H2,1-3H3,(H,14,15). The second-order valence-corrected chi connectivity index (χ2v) is 5.19. The van der Waals surface area contributed by atoms with Gasteiger partial charge in [0.2, 0.25) is 0 Å². The number of thioether (sulfide) groups is 1. The highest BCUT2D eigenvalue weighted by Crippen LogP contribution is 2.32. The van der Waals surface area contributed by atoms with Crippen molar-refractivity contribution in [3.05, 3.63) is 23.8 Å². The van der Waals surface area contributed by atoms with E-state index in [1.165, 1.54) is 17.3 Å². The highest BCUT2D eigenvalue weighted by molar-refractivity contribution is 7.99. The first kappa shape index (κ1) is 13.9. The highest BCUT2D eigenvalue weighted by atomic mass is 32.2. The molecule has 17 heavy (non-hydrogen) atoms. The summed E-state index contributed by atoms with van der Waals surface area (Å²) in [7, 11) is 1.64. The van der Waals surface area contributed by atoms with Crippen LogP contribution in [0.15, 0.2) is 23.1 Å². The quantitative estimate of drug-likeness (QED) is 0.790. The molecule has 1 N–H and O–H groups in total. The summed E-state index contributed by atoms with van der Waals surface area (Å²) in [6.45, 7) is 4.26. The van der Waals surface area contributed by atoms with Crippen LogP contribution in [0.3, 0.4) is 0 Å². The SMILES string of the molecule is COc1cc(C(C)C)ccc1SCCC(=O)O. The van der Waals surface area contributed by atoms with Crippen LogP contribution in [0.4, 0.5) is 0 Å². The predicted octanol–water partition coefficient (Wildman–Crippen LogP) is 3.39. The molecule has 1 aromatic carbocycles. The maximum absolute atomic E-state index is 10.4. The van der Waals surface area contributed by atoms with Crippen molar-refractivity contribution in [3.8, 4) is 5.75 Å². The first-order valence-corrected chi connectivity index (χ1v) is 6.55. The van der Waals surface area contributed by atoms with Crippen LogP contribution in [0, 0.1) is 0 Å². The number of carboxylic acid groups (broad SMARTS) is 1. The van der Waals surface area contributed by atoms with Gasteiger partial charge in [-0.1, -0.05) is 19.9 Å². The molecule has 1 rings (SSSR count). The number of carboxylic acids is 1. The van der Waals surface area contributed by atoms with E-state index < -0.39 is 5.97 Å². The smallest absolute Gasteiger partial charge is 0.304 e. The Balaban J connectivity index is 2.74. The second kappa shape index (κ2) is 6.55. The number of methoxy groups -OCH3 is 1. The van der Waals surface area contributed by atoms with Gasteiger partial charge in [0, 0.05) is 10.6 Å². The van der Waals surface area contributed by atoms with Gasteiger partial charge in [-0.15, -0.1) is 11.8 Å². The lowest BCUT2D eigenvalue weighted by Gasteiger charge is -2.11. The fourth-order valence-corrected chi connectivity index (χ4v) is 2.36. The van der Waals surface area contributed by atoms with Crippen molar-refractivity contribution in [2.75, 3.05) is 12.9 Å². The van der Waals surface area contributed by atoms with Gasteiger partial charge in [-0.2, -0.15) is 0 Å². The van der Waals surface area contributed by atoms with E-state index in [4.69, 9.17) is 9.84 Å². The lowest BCUT2D eigenvalue weighted by Crippen LogP contribution is -1.97. The molecule has 0 unspecified atom stereocenters. The van der Waals surface area contributed by atoms with Gasteiger partial charge in [-0.25, -0.2) is 0 Å². The van der Waals surface area contributed by atoms with E-state index in [1.807, 2.05) is 12.1 Å². The van der Waals surface area contributed by atoms with Crippen molar-refractivity contribution in [1.82, 2.24) is 0 Å². The summed E-state index contributed by atoms with van der Waals surface area (Å²) in [5.41, 5.74) is 1.23. The maximum Gasteiger partial charge on any atom is 0.304 e. The van der Waals surface area contributed by atoms with Gasteiger partial charge in [0.05, 0.1) is 13.5 Å². The summed E-state index contributed by atoms with van der Waals surface area (Å²) in [6, 6.07) is 6.09. The summed E-state index contributed by atoms with van der Waals surface area (Å²) in [5, 5.41) is 8.59. The average molecular weight is 254 g/mol. The minimum Gasteiger partial charge on any atom is -0.496 e. The molecule has 1 aromatic rings. The Labute approximate surface area is 106 Å². The van der Waals surface area contributed by atoms with Gasteiger partial charge in [-0.3, -0.25) is 4.79 Å². The molecule has 4 heteroatoms. The first-order valence-electron chi connectivity index (χ1n) is 5.57. The lowest BCUT2D eigenvalue weighted by atomic mass is 10.0. The molecule has 0 aliphatic heterocycles. The van der Waals surface area contributed by atoms with Crippen molar-refractivity contribution in [3.63, 3.8) is 0 Å². The number of benzene rings is 1. The van der Waals surface area contributed by atoms with Gasteiger partial charge >= 0.3 is 5.97 Å². The lowest BCUT2D eigenvalue weighted by molar-refractivity contribution is -0.136. The number of hydrogen-bond donors (Lipinski definition) is 1. The molecule has 0 heterocycles. The molecule has 0 aliphatic rings. The molecular formula is C13H18O3S. The van der Waals surface area contributed by atoms with Crippen molar-refractivity contribution in [1.29, 1.82) is 0 Å². The molecule has 94 valence electrons. The monoisotopic (exact) mass is 254 g/mol. The van der Waals surface area contributed by atoms with Gasteiger partial charge < -0.3 is 9.84 Å². The van der Waals surface area contributed by atoms with E-state index in [2.05, 4.69) is 19.9 Å². The van der Waals surface area contributed by atoms with Crippen LogP contribution < -0.4 is 4.74 Å². The maximum atomic E-state index is 10.4. The molecule has 0 atom stereocenters. The van der Waals surface area contributed by atoms with E-state index in [-0.39, 0.29) is 6.42 Å². The Morgan fingerprint density at radius 2 is 2.18 bits per heavy atom. The van der Waals surface area contributed by atoms with Crippen LogP contribution in [-0.2, 0) is 4.79 Å². The topological polar surface area (TPSA) is 46.5 Å². The highest BCUT2D eigenvalue weighted by Gasteiger charge is 2.08. The predicted molar refractivity (Wildman–Crippen MR) is 70.1 cm³/mol. The molecule has 0 spiro atoms. The zero-order chi connectivity index (χ0) is 12.8. The third kappa shape index (κ3) is 4.30. The van der Waals surface area contributed by atoms with E-state index in [1.54, 1.807) is 7.11 Å². The molecule has 0 aliphatic carbocycles. The minimum atomic E-state index is -0.768. The van der Waals surface area contributed by atoms with Crippen molar-refractivity contribution in [2.24, 2.45) is 0 Å². The fraction of sp³-hybridized carbons (Fsp3) is 0.462. The van der Waals surface area contributed by atoms with E-state index in [0.717, 1.165) is 10.6 Å². The van der Waals surface area contributed by atoms with Gasteiger partial charge in [0.25, 0.3) is 0 Å². The molecule has 0 aromatic heterocycles. The largest absolute Gasteiger partial charge is 0.496 e. The van der Waals surface area contributed by atoms with E-state index in [0.29, 0.717) is 11.7 Å². The third-order valence-electron chi connectivity index (χ3n) is 2.43. The van der Waals surface area contributed by atoms with E-state index >= 15 is 0 Å². The second-order valence-electron chi connectivity index (χ2n) is 4.06. The molecular weight excluding hydrogens is 236 g/mol. The number of ether oxygens (including phenoxy) is 1. The Kier molecular flexibility index (Phi) is 5.35. The first-order chi connectivity index (χ1) is 8.04. The number of rotatable bonds is 6. The summed E-state index contributed by atoms with van der Waals surface area (Å²) >= 11 is 1.51. The van der Waals surface area contributed by atoms with Crippen LogP contribution in [0.2, 0.25) is 0 Å². The normalized spacial score (nSPS) is 10.6. The van der Waals surface area contributed by atoms with Gasteiger partial charge in [0.1, 0.15) is 5.75 Å². The van der Waals surface area contributed by atoms with Crippen LogP contribution >= 0.6 is 11.8 Å². The molecule has 0 radical (unpaired) electrons. The Bertz CT molecular complexity index is 388. The summed E-state index contributed by atoms with van der Waals surface area (Å²) in [6.07, 6.45) is 0.166. The summed E-state index contributed by atoms with van der Waals surface area (Å²) < 4.78 is 5.33. The Hall–Kier alpha value is -1.16. The molecule has 0 amide bonds. The van der Waals surface area contributed by atoms with Crippen LogP contribution in [0.1, 0.15) is 31.7 Å². The average Bonchev–Trinajstić information content (AvgIpc) is 2.28. The zero-order valence-corrected chi connectivity index (χ0v) is 11.2. The number of hydrogen-bond acceptors (Lipinski definition) is 3. The van der Waals surface area contributed by atoms with Gasteiger partial charge in [-0.05, 0) is 23.6 Å². The molecule has 0 bridgehead atoms. The van der Waals surface area contributed by atoms with Crippen molar-refractivity contribution in [2.45, 2.75) is 31.1 Å². The summed E-state index contributed by atoms with van der Waals surface area (Å²) in [5.74, 6) is 1.08. The van der Waals surface area contributed by atoms with E-state index in [9.17, 15) is 4.79 Å². The van der Waals surface area contributed by atoms with Crippen LogP contribution in [0.25, 0.3) is 0 Å². The van der Waals surface area contributed by atoms with Crippen molar-refractivity contribution >= 4 is 17.7 Å². The van der Waals surface area contributed by atoms with Crippen LogP contribution in [0.5, 0.6) is 5.75 Å². The molecule has 3 nitrogen and oxygen atoms in total. The molecule has 0 saturated heterocycles. The van der Waals surface area contributed by atoms with Gasteiger partial charge in [0.15, 0.2) is 0 Å². The molecule has 0 saturated carbocycles.